The topological polar surface area (TPSA) is 41.6 Å². The van der Waals surface area contributed by atoms with Crippen molar-refractivity contribution in [2.24, 2.45) is 0 Å². The Morgan fingerprint density at radius 1 is 1.52 bits per heavy atom. The van der Waals surface area contributed by atoms with Gasteiger partial charge in [0.2, 0.25) is 0 Å². The van der Waals surface area contributed by atoms with Crippen LogP contribution < -0.4 is 5.32 Å². The van der Waals surface area contributed by atoms with Crippen molar-refractivity contribution < 1.29 is 9.53 Å². The first-order valence-corrected chi connectivity index (χ1v) is 8.53. The van der Waals surface area contributed by atoms with Crippen molar-refractivity contribution in [3.05, 3.63) is 22.4 Å². The van der Waals surface area contributed by atoms with Crippen molar-refractivity contribution in [2.45, 2.75) is 64.8 Å². The summed E-state index contributed by atoms with van der Waals surface area (Å²) in [6.07, 6.45) is 1.77. The standard InChI is InChI=1S/C16H26N2O2S/c1-12-9-14(17-10-13-6-8-21-11-13)5-7-18(12)15(19)20-16(2,3)4/h6,8,11-12,14,17H,5,7,9-10H2,1-4H3. The van der Waals surface area contributed by atoms with Gasteiger partial charge >= 0.3 is 6.09 Å². The number of hydrogen-bond acceptors (Lipinski definition) is 4. The lowest BCUT2D eigenvalue weighted by molar-refractivity contribution is 0.00932. The predicted molar refractivity (Wildman–Crippen MR) is 86.6 cm³/mol. The molecule has 0 spiro atoms. The lowest BCUT2D eigenvalue weighted by Crippen LogP contribution is -2.50. The molecule has 2 unspecified atom stereocenters. The van der Waals surface area contributed by atoms with Gasteiger partial charge in [0.1, 0.15) is 5.60 Å². The highest BCUT2D eigenvalue weighted by molar-refractivity contribution is 7.07. The summed E-state index contributed by atoms with van der Waals surface area (Å²) < 4.78 is 5.47. The normalized spacial score (nSPS) is 23.1. The van der Waals surface area contributed by atoms with Gasteiger partial charge in [-0.05, 0) is 62.9 Å². The first kappa shape index (κ1) is 16.3. The molecule has 1 aromatic heterocycles. The van der Waals surface area contributed by atoms with Crippen molar-refractivity contribution >= 4 is 17.4 Å². The number of rotatable bonds is 3. The molecule has 118 valence electrons. The zero-order chi connectivity index (χ0) is 15.5. The highest BCUT2D eigenvalue weighted by Gasteiger charge is 2.31. The molecule has 0 saturated carbocycles. The van der Waals surface area contributed by atoms with Crippen LogP contribution in [0.2, 0.25) is 0 Å². The minimum Gasteiger partial charge on any atom is -0.444 e. The maximum Gasteiger partial charge on any atom is 0.410 e. The number of carbonyl (C=O) groups excluding carboxylic acids is 1. The largest absolute Gasteiger partial charge is 0.444 e. The van der Waals surface area contributed by atoms with Crippen LogP contribution in [-0.4, -0.2) is 35.2 Å². The number of piperidine rings is 1. The summed E-state index contributed by atoms with van der Waals surface area (Å²) >= 11 is 1.73. The molecule has 5 heteroatoms. The third-order valence-electron chi connectivity index (χ3n) is 3.68. The molecular weight excluding hydrogens is 284 g/mol. The molecule has 1 amide bonds. The molecular formula is C16H26N2O2S. The summed E-state index contributed by atoms with van der Waals surface area (Å²) in [5, 5.41) is 7.86. The fourth-order valence-corrected chi connectivity index (χ4v) is 3.27. The Bertz CT molecular complexity index is 453. The monoisotopic (exact) mass is 310 g/mol. The van der Waals surface area contributed by atoms with E-state index in [1.54, 1.807) is 11.3 Å². The van der Waals surface area contributed by atoms with Crippen LogP contribution in [0.15, 0.2) is 16.8 Å². The fourth-order valence-electron chi connectivity index (χ4n) is 2.60. The van der Waals surface area contributed by atoms with E-state index < -0.39 is 5.60 Å². The Kier molecular flexibility index (Phi) is 5.27. The zero-order valence-electron chi connectivity index (χ0n) is 13.4. The van der Waals surface area contributed by atoms with Crippen LogP contribution in [-0.2, 0) is 11.3 Å². The SMILES string of the molecule is CC1CC(NCc2ccsc2)CCN1C(=O)OC(C)(C)C. The van der Waals surface area contributed by atoms with Gasteiger partial charge < -0.3 is 15.0 Å². The van der Waals surface area contributed by atoms with Crippen LogP contribution in [0.25, 0.3) is 0 Å². The van der Waals surface area contributed by atoms with Crippen LogP contribution >= 0.6 is 11.3 Å². The second kappa shape index (κ2) is 6.79. The van der Waals surface area contributed by atoms with Crippen molar-refractivity contribution in [1.82, 2.24) is 10.2 Å². The van der Waals surface area contributed by atoms with E-state index >= 15 is 0 Å². The molecule has 0 aromatic carbocycles. The molecule has 0 radical (unpaired) electrons. The molecule has 0 aliphatic carbocycles. The molecule has 0 bridgehead atoms. The van der Waals surface area contributed by atoms with Crippen LogP contribution in [0.1, 0.15) is 46.1 Å². The number of likely N-dealkylation sites (tertiary alicyclic amines) is 1. The molecule has 1 fully saturated rings. The highest BCUT2D eigenvalue weighted by atomic mass is 32.1. The van der Waals surface area contributed by atoms with E-state index in [0.29, 0.717) is 6.04 Å². The van der Waals surface area contributed by atoms with Gasteiger partial charge in [0, 0.05) is 25.2 Å². The molecule has 2 atom stereocenters. The molecule has 1 aromatic rings. The second-order valence-electron chi connectivity index (χ2n) is 6.76. The molecule has 1 aliphatic rings. The van der Waals surface area contributed by atoms with Gasteiger partial charge in [0.15, 0.2) is 0 Å². The van der Waals surface area contributed by atoms with E-state index in [4.69, 9.17) is 4.74 Å². The zero-order valence-corrected chi connectivity index (χ0v) is 14.2. The van der Waals surface area contributed by atoms with E-state index in [2.05, 4.69) is 29.1 Å². The average Bonchev–Trinajstić information content (AvgIpc) is 2.87. The van der Waals surface area contributed by atoms with Crippen LogP contribution in [0.4, 0.5) is 4.79 Å². The number of amides is 1. The van der Waals surface area contributed by atoms with Crippen molar-refractivity contribution in [3.63, 3.8) is 0 Å². The number of carbonyl (C=O) groups is 1. The smallest absolute Gasteiger partial charge is 0.410 e. The molecule has 1 aliphatic heterocycles. The van der Waals surface area contributed by atoms with E-state index in [1.165, 1.54) is 5.56 Å². The minimum absolute atomic E-state index is 0.189. The number of nitrogens with zero attached hydrogens (tertiary/aromatic N) is 1. The maximum absolute atomic E-state index is 12.2. The molecule has 2 heterocycles. The molecule has 1 saturated heterocycles. The van der Waals surface area contributed by atoms with Gasteiger partial charge in [-0.2, -0.15) is 11.3 Å². The maximum atomic E-state index is 12.2. The van der Waals surface area contributed by atoms with Crippen molar-refractivity contribution in [1.29, 1.82) is 0 Å². The third kappa shape index (κ3) is 5.00. The second-order valence-corrected chi connectivity index (χ2v) is 7.54. The van der Waals surface area contributed by atoms with E-state index in [1.807, 2.05) is 25.7 Å². The number of thiophene rings is 1. The van der Waals surface area contributed by atoms with Gasteiger partial charge in [-0.3, -0.25) is 0 Å². The van der Waals surface area contributed by atoms with Crippen LogP contribution in [0.3, 0.4) is 0 Å². The quantitative estimate of drug-likeness (QED) is 0.927. The predicted octanol–water partition coefficient (Wildman–Crippen LogP) is 3.63. The molecule has 4 nitrogen and oxygen atoms in total. The molecule has 1 N–H and O–H groups in total. The van der Waals surface area contributed by atoms with Gasteiger partial charge in [-0.1, -0.05) is 0 Å². The lowest BCUT2D eigenvalue weighted by atomic mass is 9.98. The van der Waals surface area contributed by atoms with E-state index in [9.17, 15) is 4.79 Å². The Hall–Kier alpha value is -1.07. The Labute approximate surface area is 131 Å². The molecule has 21 heavy (non-hydrogen) atoms. The summed E-state index contributed by atoms with van der Waals surface area (Å²) in [6.45, 7) is 9.49. The number of nitrogens with one attached hydrogen (secondary N) is 1. The van der Waals surface area contributed by atoms with Gasteiger partial charge in [0.05, 0.1) is 0 Å². The summed E-state index contributed by atoms with van der Waals surface area (Å²) in [6, 6.07) is 2.84. The van der Waals surface area contributed by atoms with E-state index in [0.717, 1.165) is 25.9 Å². The van der Waals surface area contributed by atoms with Gasteiger partial charge in [-0.15, -0.1) is 0 Å². The number of ether oxygens (including phenoxy) is 1. The van der Waals surface area contributed by atoms with Gasteiger partial charge in [0.25, 0.3) is 0 Å². The average molecular weight is 310 g/mol. The summed E-state index contributed by atoms with van der Waals surface area (Å²) in [7, 11) is 0. The van der Waals surface area contributed by atoms with Gasteiger partial charge in [-0.25, -0.2) is 4.79 Å². The van der Waals surface area contributed by atoms with Crippen LogP contribution in [0.5, 0.6) is 0 Å². The van der Waals surface area contributed by atoms with Crippen molar-refractivity contribution in [2.75, 3.05) is 6.54 Å². The highest BCUT2D eigenvalue weighted by Crippen LogP contribution is 2.21. The Balaban J connectivity index is 1.80. The fraction of sp³-hybridized carbons (Fsp3) is 0.688. The first-order chi connectivity index (χ1) is 9.85. The number of hydrogen-bond donors (Lipinski definition) is 1. The summed E-state index contributed by atoms with van der Waals surface area (Å²) in [4.78, 5) is 14.0. The Morgan fingerprint density at radius 3 is 2.86 bits per heavy atom. The minimum atomic E-state index is -0.426. The third-order valence-corrected chi connectivity index (χ3v) is 4.41. The summed E-state index contributed by atoms with van der Waals surface area (Å²) in [5.41, 5.74) is 0.910. The van der Waals surface area contributed by atoms with E-state index in [-0.39, 0.29) is 12.1 Å². The lowest BCUT2D eigenvalue weighted by Gasteiger charge is -2.38. The molecule has 2 rings (SSSR count). The van der Waals surface area contributed by atoms with Crippen LogP contribution in [0, 0.1) is 0 Å². The Morgan fingerprint density at radius 2 is 2.29 bits per heavy atom. The first-order valence-electron chi connectivity index (χ1n) is 7.59. The summed E-state index contributed by atoms with van der Waals surface area (Å²) in [5.74, 6) is 0. The van der Waals surface area contributed by atoms with Crippen molar-refractivity contribution in [3.8, 4) is 0 Å².